The minimum Gasteiger partial charge on any atom is -0.392 e. The number of aryl methyl sites for hydroxylation is 1. The number of fused-ring (bicyclic) bond motifs is 1. The number of rotatable bonds is 8. The van der Waals surface area contributed by atoms with E-state index in [1.165, 1.54) is 23.8 Å². The highest BCUT2D eigenvalue weighted by atomic mass is 19.4. The van der Waals surface area contributed by atoms with Crippen LogP contribution in [0, 0.1) is 17.2 Å². The number of carbonyl (C=O) groups excluding carboxylic acids is 1. The summed E-state index contributed by atoms with van der Waals surface area (Å²) in [5, 5.41) is 30.7. The number of nitrogens with zero attached hydrogens (tertiary/aromatic N) is 6. The summed E-state index contributed by atoms with van der Waals surface area (Å²) in [4.78, 5) is 19.4. The minimum atomic E-state index is -4.71. The van der Waals surface area contributed by atoms with E-state index in [2.05, 4.69) is 26.6 Å². The third-order valence-electron chi connectivity index (χ3n) is 7.65. The number of pyridine rings is 1. The molecule has 0 unspecified atom stereocenters. The summed E-state index contributed by atoms with van der Waals surface area (Å²) in [6.45, 7) is -0.325. The van der Waals surface area contributed by atoms with Gasteiger partial charge in [0.25, 0.3) is 5.91 Å². The van der Waals surface area contributed by atoms with Crippen molar-refractivity contribution in [3.63, 3.8) is 0 Å². The molecule has 1 aliphatic heterocycles. The molecule has 3 heterocycles. The van der Waals surface area contributed by atoms with E-state index >= 15 is 0 Å². The van der Waals surface area contributed by atoms with Crippen molar-refractivity contribution < 1.29 is 23.1 Å². The van der Waals surface area contributed by atoms with Crippen LogP contribution in [0.5, 0.6) is 0 Å². The highest BCUT2D eigenvalue weighted by molar-refractivity contribution is 6.10. The Bertz CT molecular complexity index is 1740. The van der Waals surface area contributed by atoms with Gasteiger partial charge in [0.05, 0.1) is 30.3 Å². The lowest BCUT2D eigenvalue weighted by Gasteiger charge is -2.19. The predicted octanol–water partition coefficient (Wildman–Crippen LogP) is 5.30. The number of amides is 1. The molecule has 4 aromatic rings. The average molecular weight is 574 g/mol. The number of alkyl halides is 3. The lowest BCUT2D eigenvalue weighted by molar-refractivity contribution is -0.138. The van der Waals surface area contributed by atoms with Crippen molar-refractivity contribution in [2.24, 2.45) is 13.0 Å². The van der Waals surface area contributed by atoms with E-state index in [-0.39, 0.29) is 29.1 Å². The van der Waals surface area contributed by atoms with E-state index in [4.69, 9.17) is 0 Å². The number of nitrogens with one attached hydrogen (secondary N) is 1. The van der Waals surface area contributed by atoms with Crippen LogP contribution in [0.3, 0.4) is 0 Å². The zero-order chi connectivity index (χ0) is 29.6. The summed E-state index contributed by atoms with van der Waals surface area (Å²) in [5.74, 6) is 1.18. The molecule has 12 heteroatoms. The molecule has 214 valence electrons. The van der Waals surface area contributed by atoms with Crippen LogP contribution >= 0.6 is 0 Å². The van der Waals surface area contributed by atoms with Crippen molar-refractivity contribution in [2.45, 2.75) is 38.6 Å². The molecule has 1 aliphatic carbocycles. The minimum absolute atomic E-state index is 0.00190. The number of aliphatic hydroxyl groups is 1. The predicted molar refractivity (Wildman–Crippen MR) is 148 cm³/mol. The monoisotopic (exact) mass is 573 g/mol. The number of hydrogen-bond acceptors (Lipinski definition) is 7. The highest BCUT2D eigenvalue weighted by Crippen LogP contribution is 2.41. The van der Waals surface area contributed by atoms with E-state index in [1.807, 2.05) is 0 Å². The van der Waals surface area contributed by atoms with Crippen LogP contribution in [0.1, 0.15) is 51.9 Å². The molecule has 0 spiro atoms. The molecule has 1 saturated carbocycles. The van der Waals surface area contributed by atoms with Crippen LogP contribution in [0.15, 0.2) is 48.8 Å². The summed E-state index contributed by atoms with van der Waals surface area (Å²) in [7, 11) is 1.79. The molecule has 1 fully saturated rings. The molecule has 6 rings (SSSR count). The molecule has 2 aliphatic rings. The third-order valence-corrected chi connectivity index (χ3v) is 7.65. The second-order valence-corrected chi connectivity index (χ2v) is 10.6. The maximum absolute atomic E-state index is 14.0. The van der Waals surface area contributed by atoms with Crippen LogP contribution in [0.25, 0.3) is 22.5 Å². The van der Waals surface area contributed by atoms with Gasteiger partial charge in [0.2, 0.25) is 0 Å². The Morgan fingerprint density at radius 3 is 2.60 bits per heavy atom. The lowest BCUT2D eigenvalue weighted by Crippen LogP contribution is -2.24. The molecule has 2 aromatic heterocycles. The maximum Gasteiger partial charge on any atom is 0.416 e. The molecule has 0 saturated heterocycles. The fourth-order valence-corrected chi connectivity index (χ4v) is 5.28. The Kier molecular flexibility index (Phi) is 6.90. The van der Waals surface area contributed by atoms with Crippen molar-refractivity contribution >= 4 is 17.5 Å². The topological polar surface area (TPSA) is 120 Å². The van der Waals surface area contributed by atoms with Gasteiger partial charge >= 0.3 is 6.18 Å². The fourth-order valence-electron chi connectivity index (χ4n) is 5.28. The quantitative estimate of drug-likeness (QED) is 0.294. The number of halogens is 3. The Morgan fingerprint density at radius 2 is 1.93 bits per heavy atom. The molecular weight excluding hydrogens is 547 g/mol. The summed E-state index contributed by atoms with van der Waals surface area (Å²) < 4.78 is 43.7. The average Bonchev–Trinajstić information content (AvgIpc) is 3.61. The first kappa shape index (κ1) is 27.4. The normalized spacial score (nSPS) is 14.7. The van der Waals surface area contributed by atoms with Gasteiger partial charge in [-0.1, -0.05) is 12.8 Å². The van der Waals surface area contributed by atoms with Crippen molar-refractivity contribution in [3.8, 4) is 28.6 Å². The van der Waals surface area contributed by atoms with Gasteiger partial charge in [0, 0.05) is 24.7 Å². The van der Waals surface area contributed by atoms with Gasteiger partial charge in [-0.05, 0) is 77.1 Å². The largest absolute Gasteiger partial charge is 0.416 e. The second-order valence-electron chi connectivity index (χ2n) is 10.6. The first-order valence-corrected chi connectivity index (χ1v) is 13.5. The van der Waals surface area contributed by atoms with Gasteiger partial charge < -0.3 is 15.0 Å². The number of anilines is 2. The van der Waals surface area contributed by atoms with Gasteiger partial charge in [-0.15, -0.1) is 10.2 Å². The van der Waals surface area contributed by atoms with Crippen LogP contribution in [0.2, 0.25) is 0 Å². The van der Waals surface area contributed by atoms with Crippen LogP contribution in [-0.2, 0) is 26.4 Å². The number of carbonyl (C=O) groups is 1. The zero-order valence-corrected chi connectivity index (χ0v) is 22.6. The molecule has 2 N–H and O–H groups in total. The molecule has 0 atom stereocenters. The van der Waals surface area contributed by atoms with Crippen molar-refractivity contribution in [1.82, 2.24) is 19.7 Å². The number of hydrogen-bond donors (Lipinski definition) is 2. The SMILES string of the molecule is Cn1cnnc1-c1ccc(C#N)cc1-c1cc(NCCC2CC2)nc(N2Cc3c(cc(CO)cc3C(F)(F)F)C2=O)c1. The lowest BCUT2D eigenvalue weighted by atomic mass is 9.97. The highest BCUT2D eigenvalue weighted by Gasteiger charge is 2.41. The Hall–Kier alpha value is -4.76. The van der Waals surface area contributed by atoms with E-state index in [1.54, 1.807) is 48.3 Å². The van der Waals surface area contributed by atoms with E-state index in [0.29, 0.717) is 46.4 Å². The molecule has 9 nitrogen and oxygen atoms in total. The van der Waals surface area contributed by atoms with Crippen LogP contribution < -0.4 is 10.2 Å². The van der Waals surface area contributed by atoms with Crippen LogP contribution in [0.4, 0.5) is 24.8 Å². The molecule has 0 radical (unpaired) electrons. The summed E-state index contributed by atoms with van der Waals surface area (Å²) in [6.07, 6.45) is 0.154. The number of benzene rings is 2. The smallest absolute Gasteiger partial charge is 0.392 e. The number of nitriles is 1. The van der Waals surface area contributed by atoms with Crippen molar-refractivity contribution in [1.29, 1.82) is 5.26 Å². The second kappa shape index (κ2) is 10.6. The van der Waals surface area contributed by atoms with Gasteiger partial charge in [0.1, 0.15) is 18.0 Å². The Balaban J connectivity index is 1.47. The van der Waals surface area contributed by atoms with E-state index < -0.39 is 24.3 Å². The Labute approximate surface area is 239 Å². The van der Waals surface area contributed by atoms with E-state index in [9.17, 15) is 28.3 Å². The first-order chi connectivity index (χ1) is 20.2. The maximum atomic E-state index is 14.0. The van der Waals surface area contributed by atoms with Gasteiger partial charge in [-0.2, -0.15) is 18.4 Å². The third kappa shape index (κ3) is 5.19. The number of aliphatic hydroxyl groups excluding tert-OH is 1. The van der Waals surface area contributed by atoms with Gasteiger partial charge in [-0.3, -0.25) is 9.69 Å². The number of aromatic nitrogens is 4. The van der Waals surface area contributed by atoms with E-state index in [0.717, 1.165) is 12.5 Å². The van der Waals surface area contributed by atoms with Crippen LogP contribution in [-0.4, -0.2) is 37.3 Å². The first-order valence-electron chi connectivity index (χ1n) is 13.5. The van der Waals surface area contributed by atoms with Crippen molar-refractivity contribution in [3.05, 3.63) is 76.6 Å². The summed E-state index contributed by atoms with van der Waals surface area (Å²) >= 11 is 0. The Morgan fingerprint density at radius 1 is 1.12 bits per heavy atom. The molecular formula is C30H26F3N7O2. The van der Waals surface area contributed by atoms with Crippen molar-refractivity contribution in [2.75, 3.05) is 16.8 Å². The molecule has 0 bridgehead atoms. The summed E-state index contributed by atoms with van der Waals surface area (Å²) in [5.41, 5.74) is 1.07. The zero-order valence-electron chi connectivity index (χ0n) is 22.6. The standard InChI is InChI=1S/C30H26F3N7O2/c1-39-16-36-38-28(39)21-5-4-18(13-34)8-22(21)20-11-26(35-7-6-17-2-3-17)37-27(12-20)40-14-24-23(29(40)42)9-19(15-41)10-25(24)30(31,32)33/h4-5,8-12,16-17,41H,2-3,6-7,14-15H2,1H3,(H,35,37). The van der Waals surface area contributed by atoms with Gasteiger partial charge in [0.15, 0.2) is 5.82 Å². The summed E-state index contributed by atoms with van der Waals surface area (Å²) in [6, 6.07) is 12.9. The molecule has 2 aromatic carbocycles. The van der Waals surface area contributed by atoms with Gasteiger partial charge in [-0.25, -0.2) is 4.98 Å². The molecule has 1 amide bonds. The molecule has 42 heavy (non-hydrogen) atoms. The fraction of sp³-hybridized carbons (Fsp3) is 0.300.